The highest BCUT2D eigenvalue weighted by Crippen LogP contribution is 2.34. The summed E-state index contributed by atoms with van der Waals surface area (Å²) in [6, 6.07) is 13.1. The van der Waals surface area contributed by atoms with Gasteiger partial charge in [0.15, 0.2) is 5.43 Å². The molecule has 0 amide bonds. The molecule has 184 valence electrons. The summed E-state index contributed by atoms with van der Waals surface area (Å²) in [5.41, 5.74) is 7.18. The van der Waals surface area contributed by atoms with Gasteiger partial charge in [-0.25, -0.2) is 4.98 Å². The lowest BCUT2D eigenvalue weighted by Gasteiger charge is -2.21. The minimum Gasteiger partial charge on any atom is -0.460 e. The van der Waals surface area contributed by atoms with Crippen molar-refractivity contribution in [3.63, 3.8) is 0 Å². The number of fused-ring (bicyclic) bond motifs is 2. The molecule has 1 atom stereocenters. The fourth-order valence-electron chi connectivity index (χ4n) is 4.92. The van der Waals surface area contributed by atoms with E-state index in [1.165, 1.54) is 0 Å². The van der Waals surface area contributed by atoms with Crippen LogP contribution in [0.1, 0.15) is 60.7 Å². The van der Waals surface area contributed by atoms with E-state index in [1.807, 2.05) is 65.0 Å². The highest BCUT2D eigenvalue weighted by Gasteiger charge is 2.28. The molecule has 0 fully saturated rings. The van der Waals surface area contributed by atoms with Crippen molar-refractivity contribution in [1.29, 1.82) is 0 Å². The quantitative estimate of drug-likeness (QED) is 0.271. The van der Waals surface area contributed by atoms with Crippen molar-refractivity contribution in [2.24, 2.45) is 0 Å². The van der Waals surface area contributed by atoms with Crippen LogP contribution in [0.4, 0.5) is 5.69 Å². The summed E-state index contributed by atoms with van der Waals surface area (Å²) in [6.07, 6.45) is 0. The topological polar surface area (TPSA) is 84.6 Å². The number of aromatic nitrogens is 1. The molecule has 0 saturated carbocycles. The maximum Gasteiger partial charge on any atom is 0.491 e. The van der Waals surface area contributed by atoms with Gasteiger partial charge in [0, 0.05) is 22.6 Å². The fourth-order valence-corrected chi connectivity index (χ4v) is 5.06. The summed E-state index contributed by atoms with van der Waals surface area (Å²) in [5.74, 6) is 0.801. The molecule has 5 rings (SSSR count). The third-order valence-electron chi connectivity index (χ3n) is 6.73. The molecule has 36 heavy (non-hydrogen) atoms. The Hall–Kier alpha value is -3.13. The Kier molecular flexibility index (Phi) is 6.41. The van der Waals surface area contributed by atoms with Gasteiger partial charge in [-0.3, -0.25) is 4.79 Å². The monoisotopic (exact) mass is 502 g/mol. The number of halogens is 1. The van der Waals surface area contributed by atoms with E-state index in [0.717, 1.165) is 33.4 Å². The van der Waals surface area contributed by atoms with Crippen molar-refractivity contribution in [3.05, 3.63) is 85.9 Å². The molecule has 1 aliphatic rings. The first-order valence-corrected chi connectivity index (χ1v) is 12.5. The van der Waals surface area contributed by atoms with Crippen molar-refractivity contribution in [3.8, 4) is 11.3 Å². The molecule has 6 nitrogen and oxygen atoms in total. The van der Waals surface area contributed by atoms with Gasteiger partial charge >= 0.3 is 7.12 Å². The predicted molar refractivity (Wildman–Crippen MR) is 145 cm³/mol. The van der Waals surface area contributed by atoms with Crippen molar-refractivity contribution >= 4 is 40.8 Å². The first-order valence-electron chi connectivity index (χ1n) is 12.1. The minimum absolute atomic E-state index is 0.00787. The van der Waals surface area contributed by atoms with Gasteiger partial charge in [-0.05, 0) is 61.6 Å². The van der Waals surface area contributed by atoms with Crippen LogP contribution < -0.4 is 16.2 Å². The summed E-state index contributed by atoms with van der Waals surface area (Å²) in [6.45, 7) is 10.2. The minimum atomic E-state index is -0.900. The number of benzene rings is 2. The van der Waals surface area contributed by atoms with Crippen molar-refractivity contribution in [2.75, 3.05) is 5.32 Å². The van der Waals surface area contributed by atoms with Crippen LogP contribution in [0.3, 0.4) is 0 Å². The highest BCUT2D eigenvalue weighted by atomic mass is 35.5. The van der Waals surface area contributed by atoms with Crippen molar-refractivity contribution < 1.29 is 14.1 Å². The maximum atomic E-state index is 13.2. The van der Waals surface area contributed by atoms with E-state index in [4.69, 9.17) is 20.7 Å². The molecule has 2 aromatic heterocycles. The van der Waals surface area contributed by atoms with Gasteiger partial charge in [0.25, 0.3) is 0 Å². The van der Waals surface area contributed by atoms with Gasteiger partial charge in [0.1, 0.15) is 16.5 Å². The second-order valence-corrected chi connectivity index (χ2v) is 10.2. The summed E-state index contributed by atoms with van der Waals surface area (Å²) in [4.78, 5) is 17.8. The molecule has 0 saturated heterocycles. The first-order chi connectivity index (χ1) is 17.1. The Morgan fingerprint density at radius 1 is 1.11 bits per heavy atom. The van der Waals surface area contributed by atoms with Gasteiger partial charge in [-0.1, -0.05) is 43.6 Å². The standard InChI is InChI=1S/C28H28BClN2O4/c1-14(2)27-16(4)26(33)21-11-15(3)10-20(28(21)36-27)17(5)31-23-8-9-24(30)32-25(23)18-6-7-22-19(12-18)13-35-29(22)34/h6-12,14,17,31,34H,13H2,1-5H3. The summed E-state index contributed by atoms with van der Waals surface area (Å²) in [5, 5.41) is 14.5. The van der Waals surface area contributed by atoms with E-state index in [9.17, 15) is 9.82 Å². The Balaban J connectivity index is 1.59. The number of hydrogen-bond donors (Lipinski definition) is 2. The molecule has 0 radical (unpaired) electrons. The van der Waals surface area contributed by atoms with E-state index in [2.05, 4.69) is 16.4 Å². The molecule has 0 bridgehead atoms. The van der Waals surface area contributed by atoms with Crippen LogP contribution in [-0.2, 0) is 11.3 Å². The van der Waals surface area contributed by atoms with E-state index in [-0.39, 0.29) is 17.4 Å². The Bertz CT molecular complexity index is 1550. The Morgan fingerprint density at radius 3 is 2.64 bits per heavy atom. The van der Waals surface area contributed by atoms with Crippen LogP contribution >= 0.6 is 11.6 Å². The van der Waals surface area contributed by atoms with Crippen LogP contribution in [-0.4, -0.2) is 17.1 Å². The fraction of sp³-hybridized carbons (Fsp3) is 0.286. The molecule has 8 heteroatoms. The zero-order valence-electron chi connectivity index (χ0n) is 21.0. The molecule has 1 aliphatic heterocycles. The van der Waals surface area contributed by atoms with Crippen LogP contribution in [0, 0.1) is 13.8 Å². The van der Waals surface area contributed by atoms with Crippen molar-refractivity contribution in [1.82, 2.24) is 4.98 Å². The van der Waals surface area contributed by atoms with E-state index in [1.54, 1.807) is 6.07 Å². The van der Waals surface area contributed by atoms with Gasteiger partial charge in [0.05, 0.1) is 29.4 Å². The molecule has 0 spiro atoms. The number of pyridine rings is 1. The van der Waals surface area contributed by atoms with Gasteiger partial charge < -0.3 is 19.4 Å². The maximum absolute atomic E-state index is 13.2. The van der Waals surface area contributed by atoms with Crippen LogP contribution in [0.25, 0.3) is 22.2 Å². The summed E-state index contributed by atoms with van der Waals surface area (Å²) in [7, 11) is -0.900. The molecular formula is C28H28BClN2O4. The molecule has 2 aromatic carbocycles. The number of nitrogens with zero attached hydrogens (tertiary/aromatic N) is 1. The van der Waals surface area contributed by atoms with E-state index in [0.29, 0.717) is 39.7 Å². The van der Waals surface area contributed by atoms with E-state index >= 15 is 0 Å². The summed E-state index contributed by atoms with van der Waals surface area (Å²) >= 11 is 6.29. The lowest BCUT2D eigenvalue weighted by molar-refractivity contribution is 0.275. The average Bonchev–Trinajstić information content (AvgIpc) is 3.22. The van der Waals surface area contributed by atoms with E-state index < -0.39 is 7.12 Å². The zero-order chi connectivity index (χ0) is 25.7. The van der Waals surface area contributed by atoms with Crippen LogP contribution in [0.5, 0.6) is 0 Å². The van der Waals surface area contributed by atoms with Crippen molar-refractivity contribution in [2.45, 2.75) is 53.2 Å². The van der Waals surface area contributed by atoms with Crippen LogP contribution in [0.15, 0.2) is 51.7 Å². The van der Waals surface area contributed by atoms with Gasteiger partial charge in [0.2, 0.25) is 0 Å². The molecular weight excluding hydrogens is 475 g/mol. The zero-order valence-corrected chi connectivity index (χ0v) is 21.7. The molecule has 2 N–H and O–H groups in total. The molecule has 4 aromatic rings. The lowest BCUT2D eigenvalue weighted by atomic mass is 9.79. The largest absolute Gasteiger partial charge is 0.491 e. The van der Waals surface area contributed by atoms with Crippen LogP contribution in [0.2, 0.25) is 5.15 Å². The normalized spacial score (nSPS) is 13.9. The lowest BCUT2D eigenvalue weighted by Crippen LogP contribution is -2.27. The SMILES string of the molecule is Cc1cc(C(C)Nc2ccc(Cl)nc2-c2ccc3c(c2)COB3O)c2oc(C(C)C)c(C)c(=O)c2c1. The third kappa shape index (κ3) is 4.32. The number of rotatable bonds is 5. The molecule has 3 heterocycles. The predicted octanol–water partition coefficient (Wildman–Crippen LogP) is 5.64. The molecule has 1 unspecified atom stereocenters. The second kappa shape index (κ2) is 9.39. The molecule has 0 aliphatic carbocycles. The summed E-state index contributed by atoms with van der Waals surface area (Å²) < 4.78 is 11.7. The second-order valence-electron chi connectivity index (χ2n) is 9.78. The number of nitrogens with one attached hydrogen (secondary N) is 1. The number of aryl methyl sites for hydroxylation is 1. The average molecular weight is 503 g/mol. The third-order valence-corrected chi connectivity index (χ3v) is 6.94. The highest BCUT2D eigenvalue weighted by molar-refractivity contribution is 6.61. The Morgan fingerprint density at radius 2 is 1.89 bits per heavy atom. The van der Waals surface area contributed by atoms with Gasteiger partial charge in [-0.15, -0.1) is 0 Å². The first kappa shape index (κ1) is 24.6. The number of anilines is 1. The smallest absolute Gasteiger partial charge is 0.460 e. The Labute approximate surface area is 215 Å². The van der Waals surface area contributed by atoms with Gasteiger partial charge in [-0.2, -0.15) is 0 Å². The number of hydrogen-bond acceptors (Lipinski definition) is 6.